The van der Waals surface area contributed by atoms with Crippen LogP contribution in [-0.2, 0) is 13.0 Å². The lowest BCUT2D eigenvalue weighted by molar-refractivity contribution is 0.626. The zero-order valence-corrected chi connectivity index (χ0v) is 13.2. The molecule has 0 amide bonds. The number of benzene rings is 2. The predicted octanol–water partition coefficient (Wildman–Crippen LogP) is 3.39. The first-order valence-corrected chi connectivity index (χ1v) is 7.49. The fourth-order valence-electron chi connectivity index (χ4n) is 2.02. The van der Waals surface area contributed by atoms with Crippen molar-refractivity contribution in [2.45, 2.75) is 13.0 Å². The first-order valence-electron chi connectivity index (χ1n) is 7.11. The molecule has 0 radical (unpaired) electrons. The molecule has 22 heavy (non-hydrogen) atoms. The molecule has 0 bridgehead atoms. The van der Waals surface area contributed by atoms with Crippen molar-refractivity contribution in [3.8, 4) is 0 Å². The summed E-state index contributed by atoms with van der Waals surface area (Å²) in [6.45, 7) is 1.32. The van der Waals surface area contributed by atoms with Crippen molar-refractivity contribution in [1.29, 1.82) is 0 Å². The monoisotopic (exact) mass is 319 g/mol. The van der Waals surface area contributed by atoms with Crippen LogP contribution in [0.3, 0.4) is 0 Å². The largest absolute Gasteiger partial charge is 0.356 e. The van der Waals surface area contributed by atoms with Crippen molar-refractivity contribution in [3.05, 3.63) is 70.5 Å². The van der Waals surface area contributed by atoms with Crippen LogP contribution >= 0.6 is 11.6 Å². The van der Waals surface area contributed by atoms with Crippen LogP contribution in [0.4, 0.5) is 4.39 Å². The summed E-state index contributed by atoms with van der Waals surface area (Å²) in [5.41, 5.74) is 2.10. The van der Waals surface area contributed by atoms with Crippen LogP contribution in [0.1, 0.15) is 11.1 Å². The number of rotatable bonds is 5. The van der Waals surface area contributed by atoms with E-state index in [1.165, 1.54) is 12.1 Å². The lowest BCUT2D eigenvalue weighted by atomic mass is 10.1. The molecule has 0 aliphatic heterocycles. The molecule has 0 heterocycles. The molecule has 0 fully saturated rings. The Bertz CT molecular complexity index is 626. The van der Waals surface area contributed by atoms with Gasteiger partial charge in [-0.25, -0.2) is 4.39 Å². The molecule has 0 aliphatic carbocycles. The molecule has 116 valence electrons. The fourth-order valence-corrected chi connectivity index (χ4v) is 2.22. The van der Waals surface area contributed by atoms with E-state index in [9.17, 15) is 4.39 Å². The molecule has 2 rings (SSSR count). The van der Waals surface area contributed by atoms with Gasteiger partial charge >= 0.3 is 0 Å². The quantitative estimate of drug-likeness (QED) is 0.654. The second-order valence-electron chi connectivity index (χ2n) is 4.82. The molecular formula is C17H19ClFN3. The van der Waals surface area contributed by atoms with Gasteiger partial charge in [0.25, 0.3) is 0 Å². The van der Waals surface area contributed by atoms with Crippen molar-refractivity contribution in [2.24, 2.45) is 4.99 Å². The van der Waals surface area contributed by atoms with Gasteiger partial charge in [-0.2, -0.15) is 0 Å². The summed E-state index contributed by atoms with van der Waals surface area (Å²) < 4.78 is 12.8. The Hall–Kier alpha value is -2.07. The standard InChI is InChI=1S/C17H19ClFN3/c1-20-17(22-12-14-4-2-3-5-16(14)18)21-11-10-13-6-8-15(19)9-7-13/h2-9H,10-12H2,1H3,(H2,20,21,22). The molecule has 0 aromatic heterocycles. The van der Waals surface area contributed by atoms with Crippen LogP contribution < -0.4 is 10.6 Å². The van der Waals surface area contributed by atoms with Gasteiger partial charge in [0, 0.05) is 25.2 Å². The van der Waals surface area contributed by atoms with Gasteiger partial charge in [0.05, 0.1) is 0 Å². The Labute approximate surface area is 135 Å². The first kappa shape index (κ1) is 16.3. The minimum atomic E-state index is -0.214. The van der Waals surface area contributed by atoms with Crippen molar-refractivity contribution >= 4 is 17.6 Å². The third-order valence-corrected chi connectivity index (χ3v) is 3.62. The number of hydrogen-bond acceptors (Lipinski definition) is 1. The van der Waals surface area contributed by atoms with E-state index in [0.29, 0.717) is 19.0 Å². The minimum Gasteiger partial charge on any atom is -0.356 e. The van der Waals surface area contributed by atoms with Gasteiger partial charge in [-0.05, 0) is 35.7 Å². The van der Waals surface area contributed by atoms with Crippen LogP contribution in [-0.4, -0.2) is 19.6 Å². The number of guanidine groups is 1. The average molecular weight is 320 g/mol. The molecular weight excluding hydrogens is 301 g/mol. The average Bonchev–Trinajstić information content (AvgIpc) is 2.54. The third kappa shape index (κ3) is 5.04. The number of hydrogen-bond donors (Lipinski definition) is 2. The maximum atomic E-state index is 12.8. The van der Waals surface area contributed by atoms with E-state index >= 15 is 0 Å². The summed E-state index contributed by atoms with van der Waals surface area (Å²) in [5.74, 6) is 0.496. The maximum absolute atomic E-state index is 12.8. The second-order valence-corrected chi connectivity index (χ2v) is 5.23. The van der Waals surface area contributed by atoms with E-state index in [1.54, 1.807) is 19.2 Å². The Morgan fingerprint density at radius 3 is 2.50 bits per heavy atom. The smallest absolute Gasteiger partial charge is 0.191 e. The van der Waals surface area contributed by atoms with Gasteiger partial charge in [0.15, 0.2) is 5.96 Å². The van der Waals surface area contributed by atoms with Gasteiger partial charge in [-0.3, -0.25) is 4.99 Å². The van der Waals surface area contributed by atoms with Gasteiger partial charge in [0.2, 0.25) is 0 Å². The molecule has 2 aromatic rings. The number of halogens is 2. The van der Waals surface area contributed by atoms with E-state index in [1.807, 2.05) is 24.3 Å². The molecule has 5 heteroatoms. The summed E-state index contributed by atoms with van der Waals surface area (Å²) >= 11 is 6.12. The van der Waals surface area contributed by atoms with Crippen molar-refractivity contribution in [1.82, 2.24) is 10.6 Å². The highest BCUT2D eigenvalue weighted by molar-refractivity contribution is 6.31. The summed E-state index contributed by atoms with van der Waals surface area (Å²) in [5, 5.41) is 7.17. The zero-order chi connectivity index (χ0) is 15.8. The van der Waals surface area contributed by atoms with Crippen molar-refractivity contribution in [3.63, 3.8) is 0 Å². The molecule has 3 nitrogen and oxygen atoms in total. The maximum Gasteiger partial charge on any atom is 0.191 e. The SMILES string of the molecule is CN=C(NCCc1ccc(F)cc1)NCc1ccccc1Cl. The number of nitrogens with zero attached hydrogens (tertiary/aromatic N) is 1. The van der Waals surface area contributed by atoms with E-state index < -0.39 is 0 Å². The zero-order valence-electron chi connectivity index (χ0n) is 12.4. The lowest BCUT2D eigenvalue weighted by Crippen LogP contribution is -2.37. The molecule has 0 spiro atoms. The highest BCUT2D eigenvalue weighted by Crippen LogP contribution is 2.14. The molecule has 0 aliphatic rings. The van der Waals surface area contributed by atoms with Crippen LogP contribution in [0.25, 0.3) is 0 Å². The summed E-state index contributed by atoms with van der Waals surface area (Å²) in [7, 11) is 1.72. The van der Waals surface area contributed by atoms with Gasteiger partial charge in [0.1, 0.15) is 5.82 Å². The van der Waals surface area contributed by atoms with Gasteiger partial charge < -0.3 is 10.6 Å². The van der Waals surface area contributed by atoms with Gasteiger partial charge in [-0.15, -0.1) is 0 Å². The summed E-state index contributed by atoms with van der Waals surface area (Å²) in [6.07, 6.45) is 0.799. The normalized spacial score (nSPS) is 11.3. The lowest BCUT2D eigenvalue weighted by Gasteiger charge is -2.12. The van der Waals surface area contributed by atoms with Crippen LogP contribution in [0.15, 0.2) is 53.5 Å². The molecule has 0 unspecified atom stereocenters. The van der Waals surface area contributed by atoms with Crippen molar-refractivity contribution < 1.29 is 4.39 Å². The molecule has 0 saturated heterocycles. The van der Waals surface area contributed by atoms with Crippen LogP contribution in [0, 0.1) is 5.82 Å². The third-order valence-electron chi connectivity index (χ3n) is 3.25. The Kier molecular flexibility index (Phi) is 6.22. The second kappa shape index (κ2) is 8.39. The van der Waals surface area contributed by atoms with E-state index in [4.69, 9.17) is 11.6 Å². The molecule has 2 N–H and O–H groups in total. The summed E-state index contributed by atoms with van der Waals surface area (Å²) in [4.78, 5) is 4.17. The number of aliphatic imine (C=N–C) groups is 1. The molecule has 0 atom stereocenters. The number of nitrogens with one attached hydrogen (secondary N) is 2. The van der Waals surface area contributed by atoms with E-state index in [0.717, 1.165) is 22.6 Å². The van der Waals surface area contributed by atoms with E-state index in [-0.39, 0.29) is 5.82 Å². The topological polar surface area (TPSA) is 36.4 Å². The van der Waals surface area contributed by atoms with Crippen molar-refractivity contribution in [2.75, 3.05) is 13.6 Å². The predicted molar refractivity (Wildman–Crippen MR) is 89.8 cm³/mol. The van der Waals surface area contributed by atoms with E-state index in [2.05, 4.69) is 15.6 Å². The molecule has 0 saturated carbocycles. The van der Waals surface area contributed by atoms with Crippen LogP contribution in [0.5, 0.6) is 0 Å². The van der Waals surface area contributed by atoms with Gasteiger partial charge in [-0.1, -0.05) is 41.9 Å². The Morgan fingerprint density at radius 1 is 1.09 bits per heavy atom. The molecule has 2 aromatic carbocycles. The Balaban J connectivity index is 1.78. The fraction of sp³-hybridized carbons (Fsp3) is 0.235. The van der Waals surface area contributed by atoms with Crippen LogP contribution in [0.2, 0.25) is 5.02 Å². The first-order chi connectivity index (χ1) is 10.7. The highest BCUT2D eigenvalue weighted by Gasteiger charge is 2.01. The Morgan fingerprint density at radius 2 is 1.82 bits per heavy atom. The minimum absolute atomic E-state index is 0.214. The summed E-state index contributed by atoms with van der Waals surface area (Å²) in [6, 6.07) is 14.2. The highest BCUT2D eigenvalue weighted by atomic mass is 35.5.